The summed E-state index contributed by atoms with van der Waals surface area (Å²) < 4.78 is 40.8. The van der Waals surface area contributed by atoms with Crippen molar-refractivity contribution in [3.8, 4) is 11.8 Å². The van der Waals surface area contributed by atoms with Crippen molar-refractivity contribution in [1.29, 1.82) is 0 Å². The molecular weight excluding hydrogens is 477 g/mol. The van der Waals surface area contributed by atoms with Crippen LogP contribution in [0.3, 0.4) is 0 Å². The van der Waals surface area contributed by atoms with E-state index >= 15 is 0 Å². The maximum atomic E-state index is 13.1. The van der Waals surface area contributed by atoms with Gasteiger partial charge in [-0.05, 0) is 43.9 Å². The van der Waals surface area contributed by atoms with Crippen LogP contribution in [0.25, 0.3) is 10.9 Å². The van der Waals surface area contributed by atoms with Gasteiger partial charge in [0, 0.05) is 42.7 Å². The summed E-state index contributed by atoms with van der Waals surface area (Å²) >= 11 is 0. The van der Waals surface area contributed by atoms with E-state index in [0.717, 1.165) is 50.9 Å². The van der Waals surface area contributed by atoms with Gasteiger partial charge in [-0.1, -0.05) is 0 Å². The van der Waals surface area contributed by atoms with Crippen LogP contribution >= 0.6 is 0 Å². The van der Waals surface area contributed by atoms with Crippen LogP contribution in [0.1, 0.15) is 37.3 Å². The second-order valence-electron chi connectivity index (χ2n) is 9.41. The molecule has 3 aromatic rings. The number of fused-ring (bicyclic) bond motifs is 1. The molecule has 0 unspecified atom stereocenters. The molecule has 0 atom stereocenters. The molecule has 192 valence electrons. The number of amides is 1. The monoisotopic (exact) mass is 504 g/mol. The summed E-state index contributed by atoms with van der Waals surface area (Å²) in [6.45, 7) is 1.34. The molecule has 2 aliphatic rings. The molecule has 3 heterocycles. The van der Waals surface area contributed by atoms with Crippen LogP contribution in [-0.2, 0) is 11.0 Å². The van der Waals surface area contributed by atoms with Gasteiger partial charge in [-0.15, -0.1) is 0 Å². The van der Waals surface area contributed by atoms with Gasteiger partial charge in [-0.2, -0.15) is 13.2 Å². The average molecular weight is 505 g/mol. The summed E-state index contributed by atoms with van der Waals surface area (Å²) in [5.74, 6) is 0.0627. The Hall–Kier alpha value is -3.54. The highest BCUT2D eigenvalue weighted by molar-refractivity contribution is 5.91. The molecule has 1 saturated heterocycles. The van der Waals surface area contributed by atoms with Gasteiger partial charge < -0.3 is 20.8 Å². The van der Waals surface area contributed by atoms with Crippen LogP contribution < -0.4 is 10.6 Å². The first-order chi connectivity index (χ1) is 17.2. The van der Waals surface area contributed by atoms with Crippen molar-refractivity contribution >= 4 is 22.6 Å². The van der Waals surface area contributed by atoms with Crippen molar-refractivity contribution < 1.29 is 28.2 Å². The maximum absolute atomic E-state index is 13.1. The normalized spacial score (nSPS) is 21.3. The van der Waals surface area contributed by atoms with Gasteiger partial charge >= 0.3 is 6.18 Å². The third kappa shape index (κ3) is 4.90. The number of halogens is 3. The molecule has 0 bridgehead atoms. The van der Waals surface area contributed by atoms with Crippen molar-refractivity contribution in [3.05, 3.63) is 42.2 Å². The van der Waals surface area contributed by atoms with E-state index in [-0.39, 0.29) is 47.5 Å². The average Bonchev–Trinajstić information content (AvgIpc) is 3.16. The molecule has 9 nitrogen and oxygen atoms in total. The quantitative estimate of drug-likeness (QED) is 0.407. The second kappa shape index (κ2) is 9.49. The number of nitrogens with one attached hydrogen (secondary N) is 2. The smallest absolute Gasteiger partial charge is 0.416 e. The highest BCUT2D eigenvalue weighted by atomic mass is 19.4. The zero-order valence-corrected chi connectivity index (χ0v) is 19.4. The molecule has 5 rings (SSSR count). The van der Waals surface area contributed by atoms with E-state index in [0.29, 0.717) is 11.6 Å². The topological polar surface area (TPSA) is 116 Å². The van der Waals surface area contributed by atoms with E-state index in [9.17, 15) is 28.2 Å². The number of nitrogens with zero attached hydrogens (tertiary/aromatic N) is 4. The maximum Gasteiger partial charge on any atom is 0.416 e. The van der Waals surface area contributed by atoms with Crippen LogP contribution in [0.5, 0.6) is 11.8 Å². The number of aromatic nitrogens is 3. The zero-order chi connectivity index (χ0) is 25.4. The molecule has 12 heteroatoms. The van der Waals surface area contributed by atoms with Crippen molar-refractivity contribution in [1.82, 2.24) is 24.8 Å². The number of rotatable bonds is 6. The summed E-state index contributed by atoms with van der Waals surface area (Å²) in [6, 6.07) is 6.69. The number of alkyl halides is 3. The molecule has 4 N–H and O–H groups in total. The van der Waals surface area contributed by atoms with Gasteiger partial charge in [0.2, 0.25) is 5.91 Å². The predicted molar refractivity (Wildman–Crippen MR) is 126 cm³/mol. The van der Waals surface area contributed by atoms with Crippen molar-refractivity contribution in [2.24, 2.45) is 0 Å². The van der Waals surface area contributed by atoms with Gasteiger partial charge in [0.25, 0.3) is 0 Å². The summed E-state index contributed by atoms with van der Waals surface area (Å²) in [4.78, 5) is 22.8. The van der Waals surface area contributed by atoms with Crippen LogP contribution in [0.15, 0.2) is 36.7 Å². The predicted octanol–water partition coefficient (Wildman–Crippen LogP) is 3.26. The van der Waals surface area contributed by atoms with E-state index in [4.69, 9.17) is 0 Å². The van der Waals surface area contributed by atoms with Crippen molar-refractivity contribution in [2.45, 2.75) is 50.0 Å². The van der Waals surface area contributed by atoms with E-state index in [1.807, 2.05) is 0 Å². The van der Waals surface area contributed by atoms with Gasteiger partial charge in [0.15, 0.2) is 11.8 Å². The molecule has 36 heavy (non-hydrogen) atoms. The van der Waals surface area contributed by atoms with Gasteiger partial charge in [0.1, 0.15) is 12.1 Å². The lowest BCUT2D eigenvalue weighted by Crippen LogP contribution is -2.63. The Balaban J connectivity index is 1.09. The number of anilines is 1. The lowest BCUT2D eigenvalue weighted by atomic mass is 9.88. The standard InChI is InChI=1S/C24H27F3N6O3/c25-24(26,27)14-1-6-19-18(9-14)23(30-13-29-19)28-10-20(34)31-15-11-32(12-15)16-2-4-17(5-3-16)33-21(35)7-8-22(33)36/h1,6-9,13,15-17,35-36H,2-5,10-12H2,(H,31,34)(H,28,29,30). The van der Waals surface area contributed by atoms with Crippen LogP contribution in [0, 0.1) is 0 Å². The summed E-state index contributed by atoms with van der Waals surface area (Å²) in [5, 5.41) is 25.9. The summed E-state index contributed by atoms with van der Waals surface area (Å²) in [7, 11) is 0. The molecule has 2 fully saturated rings. The molecule has 1 aliphatic heterocycles. The number of hydrogen-bond donors (Lipinski definition) is 4. The third-order valence-corrected chi connectivity index (χ3v) is 7.08. The summed E-state index contributed by atoms with van der Waals surface area (Å²) in [5.41, 5.74) is -0.449. The van der Waals surface area contributed by atoms with Gasteiger partial charge in [-0.3, -0.25) is 14.3 Å². The molecule has 1 saturated carbocycles. The van der Waals surface area contributed by atoms with Crippen molar-refractivity contribution in [2.75, 3.05) is 25.0 Å². The Bertz CT molecular complexity index is 1230. The molecular formula is C24H27F3N6O3. The Morgan fingerprint density at radius 2 is 1.67 bits per heavy atom. The minimum absolute atomic E-state index is 0.00790. The largest absolute Gasteiger partial charge is 0.494 e. The first-order valence-electron chi connectivity index (χ1n) is 11.9. The number of likely N-dealkylation sites (tertiary alicyclic amines) is 1. The Labute approximate surface area is 205 Å². The SMILES string of the molecule is O=C(CNc1ncnc2ccc(C(F)(F)F)cc12)NC1CN(C2CCC(n3c(O)ccc3O)CC2)C1. The molecule has 2 aromatic heterocycles. The van der Waals surface area contributed by atoms with E-state index < -0.39 is 11.7 Å². The fourth-order valence-electron chi connectivity index (χ4n) is 5.20. The first kappa shape index (κ1) is 24.2. The van der Waals surface area contributed by atoms with Crippen LogP contribution in [0.2, 0.25) is 0 Å². The molecule has 1 amide bonds. The van der Waals surface area contributed by atoms with Gasteiger partial charge in [0.05, 0.1) is 23.7 Å². The minimum atomic E-state index is -4.49. The number of hydrogen-bond acceptors (Lipinski definition) is 7. The molecule has 0 radical (unpaired) electrons. The Morgan fingerprint density at radius 1 is 1.00 bits per heavy atom. The van der Waals surface area contributed by atoms with Crippen molar-refractivity contribution in [3.63, 3.8) is 0 Å². The van der Waals surface area contributed by atoms with E-state index in [1.54, 1.807) is 4.57 Å². The van der Waals surface area contributed by atoms with Crippen LogP contribution in [-0.4, -0.2) is 67.3 Å². The first-order valence-corrected chi connectivity index (χ1v) is 11.9. The Kier molecular flexibility index (Phi) is 6.37. The molecule has 1 aromatic carbocycles. The zero-order valence-electron chi connectivity index (χ0n) is 19.4. The Morgan fingerprint density at radius 3 is 2.33 bits per heavy atom. The van der Waals surface area contributed by atoms with E-state index in [1.165, 1.54) is 24.5 Å². The highest BCUT2D eigenvalue weighted by Crippen LogP contribution is 2.38. The van der Waals surface area contributed by atoms with Crippen LogP contribution in [0.4, 0.5) is 19.0 Å². The van der Waals surface area contributed by atoms with Gasteiger partial charge in [-0.25, -0.2) is 9.97 Å². The van der Waals surface area contributed by atoms with E-state index in [2.05, 4.69) is 25.5 Å². The number of carbonyl (C=O) groups excluding carboxylic acids is 1. The number of benzene rings is 1. The third-order valence-electron chi connectivity index (χ3n) is 7.08. The molecule has 0 spiro atoms. The lowest BCUT2D eigenvalue weighted by molar-refractivity contribution is -0.137. The lowest BCUT2D eigenvalue weighted by Gasteiger charge is -2.46. The number of aromatic hydroxyl groups is 2. The molecule has 1 aliphatic carbocycles. The summed E-state index contributed by atoms with van der Waals surface area (Å²) in [6.07, 6.45) is 0.324. The fourth-order valence-corrected chi connectivity index (χ4v) is 5.20. The fraction of sp³-hybridized carbons (Fsp3) is 0.458. The second-order valence-corrected chi connectivity index (χ2v) is 9.41. The number of carbonyl (C=O) groups is 1. The minimum Gasteiger partial charge on any atom is -0.494 e. The highest BCUT2D eigenvalue weighted by Gasteiger charge is 2.36.